The fourth-order valence-electron chi connectivity index (χ4n) is 2.35. The topological polar surface area (TPSA) is 69.7 Å². The number of piperazine rings is 1. The van der Waals surface area contributed by atoms with Gasteiger partial charge in [0.25, 0.3) is 0 Å². The summed E-state index contributed by atoms with van der Waals surface area (Å²) in [5.74, 6) is -0.699. The second-order valence-corrected chi connectivity index (χ2v) is 7.17. The number of benzene rings is 1. The highest BCUT2D eigenvalue weighted by molar-refractivity contribution is 7.89. The summed E-state index contributed by atoms with van der Waals surface area (Å²) in [5, 5.41) is 2.68. The van der Waals surface area contributed by atoms with E-state index >= 15 is 0 Å². The molecule has 1 heterocycles. The molecule has 126 valence electrons. The van der Waals surface area contributed by atoms with Gasteiger partial charge in [-0.3, -0.25) is 9.69 Å². The van der Waals surface area contributed by atoms with Gasteiger partial charge in [-0.25, -0.2) is 12.8 Å². The first-order valence-electron chi connectivity index (χ1n) is 7.29. The van der Waals surface area contributed by atoms with Crippen LogP contribution in [0.5, 0.6) is 0 Å². The molecule has 23 heavy (non-hydrogen) atoms. The number of rotatable bonds is 6. The molecule has 1 saturated heterocycles. The zero-order valence-electron chi connectivity index (χ0n) is 12.7. The molecule has 1 aromatic rings. The van der Waals surface area contributed by atoms with Crippen LogP contribution in [0.1, 0.15) is 0 Å². The molecule has 0 bridgehead atoms. The number of amides is 1. The second-order valence-electron chi connectivity index (χ2n) is 5.23. The van der Waals surface area contributed by atoms with Crippen LogP contribution in [0.4, 0.5) is 4.39 Å². The van der Waals surface area contributed by atoms with Crippen molar-refractivity contribution < 1.29 is 17.6 Å². The van der Waals surface area contributed by atoms with E-state index in [0.717, 1.165) is 6.07 Å². The first-order chi connectivity index (χ1) is 10.9. The van der Waals surface area contributed by atoms with Gasteiger partial charge in [0.2, 0.25) is 15.9 Å². The Kier molecular flexibility index (Phi) is 5.86. The van der Waals surface area contributed by atoms with Crippen LogP contribution in [-0.2, 0) is 14.8 Å². The van der Waals surface area contributed by atoms with E-state index in [0.29, 0.717) is 19.6 Å². The van der Waals surface area contributed by atoms with E-state index in [-0.39, 0.29) is 30.4 Å². The Labute approximate surface area is 135 Å². The molecule has 0 spiro atoms. The zero-order chi connectivity index (χ0) is 16.9. The molecule has 1 amide bonds. The van der Waals surface area contributed by atoms with Gasteiger partial charge in [0.05, 0.1) is 11.4 Å². The van der Waals surface area contributed by atoms with Crippen molar-refractivity contribution in [2.45, 2.75) is 4.90 Å². The molecule has 1 aliphatic rings. The monoisotopic (exact) mass is 341 g/mol. The molecule has 2 rings (SSSR count). The summed E-state index contributed by atoms with van der Waals surface area (Å²) in [6.45, 7) is 5.61. The third-order valence-corrected chi connectivity index (χ3v) is 5.47. The summed E-state index contributed by atoms with van der Waals surface area (Å²) in [6, 6.07) is 4.99. The number of halogens is 1. The number of carbonyl (C=O) groups is 1. The predicted molar refractivity (Wildman–Crippen MR) is 84.8 cm³/mol. The summed E-state index contributed by atoms with van der Waals surface area (Å²) in [6.07, 6.45) is 1.60. The van der Waals surface area contributed by atoms with E-state index in [1.807, 2.05) is 4.90 Å². The Morgan fingerprint density at radius 3 is 2.61 bits per heavy atom. The molecule has 0 aromatic heterocycles. The number of hydrogen-bond acceptors (Lipinski definition) is 4. The third-order valence-electron chi connectivity index (χ3n) is 3.58. The van der Waals surface area contributed by atoms with Gasteiger partial charge < -0.3 is 5.32 Å². The molecule has 1 aliphatic heterocycles. The first kappa shape index (κ1) is 17.6. The van der Waals surface area contributed by atoms with E-state index in [2.05, 4.69) is 11.9 Å². The maximum Gasteiger partial charge on any atom is 0.243 e. The Balaban J connectivity index is 1.93. The largest absolute Gasteiger partial charge is 0.352 e. The van der Waals surface area contributed by atoms with Crippen LogP contribution in [0.3, 0.4) is 0 Å². The van der Waals surface area contributed by atoms with Gasteiger partial charge in [-0.2, -0.15) is 4.31 Å². The molecule has 0 saturated carbocycles. The number of sulfonamides is 1. The molecule has 1 N–H and O–H groups in total. The smallest absolute Gasteiger partial charge is 0.243 e. The minimum Gasteiger partial charge on any atom is -0.352 e. The maximum atomic E-state index is 13.2. The Bertz CT molecular complexity index is 670. The lowest BCUT2D eigenvalue weighted by Gasteiger charge is -2.33. The molecule has 1 aromatic carbocycles. The molecule has 6 nitrogen and oxygen atoms in total. The minimum atomic E-state index is -3.70. The number of hydrogen-bond donors (Lipinski definition) is 1. The van der Waals surface area contributed by atoms with Crippen molar-refractivity contribution in [2.24, 2.45) is 0 Å². The van der Waals surface area contributed by atoms with Gasteiger partial charge in [-0.1, -0.05) is 12.1 Å². The molecule has 0 radical (unpaired) electrons. The van der Waals surface area contributed by atoms with Gasteiger partial charge in [0.1, 0.15) is 5.82 Å². The van der Waals surface area contributed by atoms with Gasteiger partial charge in [0.15, 0.2) is 0 Å². The lowest BCUT2D eigenvalue weighted by molar-refractivity contribution is -0.122. The third kappa shape index (κ3) is 4.60. The Morgan fingerprint density at radius 1 is 1.30 bits per heavy atom. The first-order valence-corrected chi connectivity index (χ1v) is 8.73. The molecular formula is C15H20FN3O3S. The fraction of sp³-hybridized carbons (Fsp3) is 0.400. The van der Waals surface area contributed by atoms with Gasteiger partial charge in [0, 0.05) is 32.7 Å². The molecular weight excluding hydrogens is 321 g/mol. The summed E-state index contributed by atoms with van der Waals surface area (Å²) >= 11 is 0. The SMILES string of the molecule is C=CCNC(=O)CN1CCN(S(=O)(=O)c2cccc(F)c2)CC1. The van der Waals surface area contributed by atoms with Crippen LogP contribution < -0.4 is 5.32 Å². The van der Waals surface area contributed by atoms with Crippen molar-refractivity contribution in [1.29, 1.82) is 0 Å². The van der Waals surface area contributed by atoms with Crippen molar-refractivity contribution in [3.05, 3.63) is 42.7 Å². The minimum absolute atomic E-state index is 0.0466. The van der Waals surface area contributed by atoms with Crippen LogP contribution in [0.15, 0.2) is 41.8 Å². The van der Waals surface area contributed by atoms with Crippen LogP contribution >= 0.6 is 0 Å². The maximum absolute atomic E-state index is 13.2. The molecule has 0 unspecified atom stereocenters. The van der Waals surface area contributed by atoms with Crippen molar-refractivity contribution in [3.63, 3.8) is 0 Å². The van der Waals surface area contributed by atoms with E-state index in [9.17, 15) is 17.6 Å². The molecule has 0 atom stereocenters. The van der Waals surface area contributed by atoms with Crippen molar-refractivity contribution in [3.8, 4) is 0 Å². The van der Waals surface area contributed by atoms with Crippen molar-refractivity contribution in [1.82, 2.24) is 14.5 Å². The summed E-state index contributed by atoms with van der Waals surface area (Å²) in [5.41, 5.74) is 0. The average Bonchev–Trinajstić information content (AvgIpc) is 2.53. The number of nitrogens with one attached hydrogen (secondary N) is 1. The van der Waals surface area contributed by atoms with Crippen LogP contribution in [0.2, 0.25) is 0 Å². The van der Waals surface area contributed by atoms with Gasteiger partial charge in [-0.15, -0.1) is 6.58 Å². The van der Waals surface area contributed by atoms with Crippen LogP contribution in [0, 0.1) is 5.82 Å². The summed E-state index contributed by atoms with van der Waals surface area (Å²) in [4.78, 5) is 13.5. The second kappa shape index (κ2) is 7.67. The zero-order valence-corrected chi connectivity index (χ0v) is 13.6. The predicted octanol–water partition coefficient (Wildman–Crippen LogP) is 0.434. The van der Waals surface area contributed by atoms with Crippen molar-refractivity contribution in [2.75, 3.05) is 39.3 Å². The normalized spacial score (nSPS) is 16.9. The highest BCUT2D eigenvalue weighted by Gasteiger charge is 2.29. The van der Waals surface area contributed by atoms with E-state index < -0.39 is 15.8 Å². The average molecular weight is 341 g/mol. The highest BCUT2D eigenvalue weighted by Crippen LogP contribution is 2.18. The van der Waals surface area contributed by atoms with Crippen molar-refractivity contribution >= 4 is 15.9 Å². The number of carbonyl (C=O) groups excluding carboxylic acids is 1. The summed E-state index contributed by atoms with van der Waals surface area (Å²) < 4.78 is 39.5. The molecule has 8 heteroatoms. The Hall–Kier alpha value is -1.77. The molecule has 0 aliphatic carbocycles. The highest BCUT2D eigenvalue weighted by atomic mass is 32.2. The van der Waals surface area contributed by atoms with Crippen LogP contribution in [-0.4, -0.2) is 62.8 Å². The molecule has 1 fully saturated rings. The van der Waals surface area contributed by atoms with Gasteiger partial charge >= 0.3 is 0 Å². The standard InChI is InChI=1S/C15H20FN3O3S/c1-2-6-17-15(20)12-18-7-9-19(10-8-18)23(21,22)14-5-3-4-13(16)11-14/h2-5,11H,1,6-10,12H2,(H,17,20). The van der Waals surface area contributed by atoms with E-state index in [1.54, 1.807) is 6.08 Å². The van der Waals surface area contributed by atoms with E-state index in [1.165, 1.54) is 22.5 Å². The lowest BCUT2D eigenvalue weighted by atomic mass is 10.3. The number of nitrogens with zero attached hydrogens (tertiary/aromatic N) is 2. The lowest BCUT2D eigenvalue weighted by Crippen LogP contribution is -2.51. The Morgan fingerprint density at radius 2 is 2.00 bits per heavy atom. The summed E-state index contributed by atoms with van der Waals surface area (Å²) in [7, 11) is -3.70. The van der Waals surface area contributed by atoms with Gasteiger partial charge in [-0.05, 0) is 18.2 Å². The van der Waals surface area contributed by atoms with E-state index in [4.69, 9.17) is 0 Å². The van der Waals surface area contributed by atoms with Crippen LogP contribution in [0.25, 0.3) is 0 Å². The fourth-order valence-corrected chi connectivity index (χ4v) is 3.80. The quantitative estimate of drug-likeness (QED) is 0.762.